The van der Waals surface area contributed by atoms with Crippen LogP contribution in [-0.2, 0) is 12.7 Å². The minimum atomic E-state index is -4.51. The number of pyridine rings is 1. The topological polar surface area (TPSA) is 86.6 Å². The van der Waals surface area contributed by atoms with E-state index in [-0.39, 0.29) is 22.6 Å². The fourth-order valence-electron chi connectivity index (χ4n) is 2.51. The van der Waals surface area contributed by atoms with Crippen molar-refractivity contribution in [1.82, 2.24) is 14.9 Å². The lowest BCUT2D eigenvalue weighted by Crippen LogP contribution is -2.31. The van der Waals surface area contributed by atoms with Crippen molar-refractivity contribution in [2.24, 2.45) is 0 Å². The van der Waals surface area contributed by atoms with Gasteiger partial charge in [0.05, 0.1) is 5.69 Å². The third kappa shape index (κ3) is 3.47. The van der Waals surface area contributed by atoms with Gasteiger partial charge in [0.1, 0.15) is 10.6 Å². The van der Waals surface area contributed by atoms with E-state index in [2.05, 4.69) is 9.97 Å². The Bertz CT molecular complexity index is 851. The zero-order valence-electron chi connectivity index (χ0n) is 13.4. The average Bonchev–Trinajstić information content (AvgIpc) is 3.11. The van der Waals surface area contributed by atoms with Crippen LogP contribution in [0.1, 0.15) is 26.6 Å². The first-order chi connectivity index (χ1) is 12.2. The number of carbonyl (C=O) groups is 2. The number of anilines is 1. The number of alkyl halides is 3. The highest BCUT2D eigenvalue weighted by Gasteiger charge is 2.34. The second kappa shape index (κ2) is 6.56. The van der Waals surface area contributed by atoms with Gasteiger partial charge in [-0.25, -0.2) is 14.6 Å². The number of carbonyl (C=O) groups excluding carboxylic acids is 1. The molecule has 0 bridgehead atoms. The van der Waals surface area contributed by atoms with Crippen LogP contribution >= 0.6 is 11.3 Å². The maximum atomic E-state index is 12.5. The highest BCUT2D eigenvalue weighted by atomic mass is 32.1. The Balaban J connectivity index is 1.71. The molecule has 2 aromatic heterocycles. The summed E-state index contributed by atoms with van der Waals surface area (Å²) < 4.78 is 37.6. The quantitative estimate of drug-likeness (QED) is 0.873. The molecule has 0 radical (unpaired) electrons. The Hall–Kier alpha value is -2.69. The summed E-state index contributed by atoms with van der Waals surface area (Å²) in [5.74, 6) is -1.11. The van der Waals surface area contributed by atoms with E-state index in [1.54, 1.807) is 6.92 Å². The van der Waals surface area contributed by atoms with Crippen LogP contribution in [-0.4, -0.2) is 45.1 Å². The van der Waals surface area contributed by atoms with Crippen LogP contribution in [0.15, 0.2) is 18.3 Å². The molecule has 3 heterocycles. The lowest BCUT2D eigenvalue weighted by atomic mass is 10.2. The molecule has 0 aromatic carbocycles. The van der Waals surface area contributed by atoms with Crippen LogP contribution in [0.5, 0.6) is 0 Å². The van der Waals surface area contributed by atoms with Crippen LogP contribution < -0.4 is 4.90 Å². The molecule has 0 unspecified atom stereocenters. The summed E-state index contributed by atoms with van der Waals surface area (Å²) in [5.41, 5.74) is -0.194. The number of thiazole rings is 1. The Morgan fingerprint density at radius 3 is 2.62 bits per heavy atom. The predicted octanol–water partition coefficient (Wildman–Crippen LogP) is 3.01. The molecule has 2 aromatic rings. The number of nitrogens with zero attached hydrogens (tertiary/aromatic N) is 4. The fourth-order valence-corrected chi connectivity index (χ4v) is 3.43. The van der Waals surface area contributed by atoms with Crippen molar-refractivity contribution in [3.63, 3.8) is 0 Å². The van der Waals surface area contributed by atoms with Gasteiger partial charge < -0.3 is 10.0 Å². The molecule has 26 heavy (non-hydrogen) atoms. The van der Waals surface area contributed by atoms with E-state index in [9.17, 15) is 22.8 Å². The summed E-state index contributed by atoms with van der Waals surface area (Å²) in [5, 5.41) is 9.37. The first-order valence-electron chi connectivity index (χ1n) is 7.46. The summed E-state index contributed by atoms with van der Waals surface area (Å²) >= 11 is 0.912. The molecule has 1 N–H and O–H groups in total. The van der Waals surface area contributed by atoms with Crippen LogP contribution in [0, 0.1) is 6.92 Å². The number of rotatable bonds is 4. The van der Waals surface area contributed by atoms with E-state index in [0.29, 0.717) is 24.3 Å². The molecule has 1 aliphatic rings. The smallest absolute Gasteiger partial charge is 0.433 e. The van der Waals surface area contributed by atoms with Crippen molar-refractivity contribution in [3.8, 4) is 0 Å². The van der Waals surface area contributed by atoms with Gasteiger partial charge in [-0.05, 0) is 18.6 Å². The average molecular weight is 386 g/mol. The zero-order chi connectivity index (χ0) is 19.1. The van der Waals surface area contributed by atoms with Crippen LogP contribution in [0.2, 0.25) is 0 Å². The van der Waals surface area contributed by atoms with Gasteiger partial charge in [0.25, 0.3) is 0 Å². The van der Waals surface area contributed by atoms with E-state index < -0.39 is 17.8 Å². The van der Waals surface area contributed by atoms with Gasteiger partial charge in [-0.3, -0.25) is 9.88 Å². The Labute approximate surface area is 149 Å². The molecule has 0 saturated carbocycles. The summed E-state index contributed by atoms with van der Waals surface area (Å²) in [7, 11) is 0. The minimum absolute atomic E-state index is 0.0678. The number of aryl methyl sites for hydroxylation is 1. The fraction of sp³-hybridized carbons (Fsp3) is 0.333. The van der Waals surface area contributed by atoms with Crippen molar-refractivity contribution in [2.75, 3.05) is 18.0 Å². The Kier molecular flexibility index (Phi) is 4.57. The first kappa shape index (κ1) is 18.1. The number of urea groups is 1. The number of carboxylic acids is 1. The van der Waals surface area contributed by atoms with Crippen molar-refractivity contribution in [3.05, 3.63) is 40.2 Å². The van der Waals surface area contributed by atoms with Gasteiger partial charge >= 0.3 is 18.2 Å². The molecule has 0 atom stereocenters. The number of amides is 2. The zero-order valence-corrected chi connectivity index (χ0v) is 14.3. The van der Waals surface area contributed by atoms with E-state index in [0.717, 1.165) is 23.6 Å². The van der Waals surface area contributed by atoms with Gasteiger partial charge in [0, 0.05) is 25.8 Å². The van der Waals surface area contributed by atoms with E-state index >= 15 is 0 Å². The highest BCUT2D eigenvalue weighted by Crippen LogP contribution is 2.30. The largest absolute Gasteiger partial charge is 0.477 e. The minimum Gasteiger partial charge on any atom is -0.477 e. The second-order valence-electron chi connectivity index (χ2n) is 5.62. The van der Waals surface area contributed by atoms with Gasteiger partial charge in [0.2, 0.25) is 0 Å². The molecule has 0 spiro atoms. The lowest BCUT2D eigenvalue weighted by Gasteiger charge is -2.17. The molecule has 7 nitrogen and oxygen atoms in total. The standard InChI is InChI=1S/C15H13F3N4O3S/c1-8-11(12(23)24)26-13(20-8)22-5-4-21(14(22)25)7-9-2-3-10(19-6-9)15(16,17)18/h2-3,6H,4-5,7H2,1H3,(H,23,24). The molecule has 1 saturated heterocycles. The molecule has 3 rings (SSSR count). The van der Waals surface area contributed by atoms with Gasteiger partial charge in [-0.1, -0.05) is 17.4 Å². The summed E-state index contributed by atoms with van der Waals surface area (Å²) in [6.45, 7) is 2.33. The van der Waals surface area contributed by atoms with E-state index in [1.807, 2.05) is 0 Å². The van der Waals surface area contributed by atoms with Crippen molar-refractivity contribution >= 4 is 28.5 Å². The number of hydrogen-bond donors (Lipinski definition) is 1. The molecule has 1 fully saturated rings. The number of hydrogen-bond acceptors (Lipinski definition) is 5. The maximum absolute atomic E-state index is 12.5. The number of aromatic carboxylic acids is 1. The molecular formula is C15H13F3N4O3S. The molecule has 1 aliphatic heterocycles. The number of aromatic nitrogens is 2. The molecule has 2 amide bonds. The monoisotopic (exact) mass is 386 g/mol. The summed E-state index contributed by atoms with van der Waals surface area (Å²) in [6.07, 6.45) is -3.42. The van der Waals surface area contributed by atoms with E-state index in [4.69, 9.17) is 5.11 Å². The highest BCUT2D eigenvalue weighted by molar-refractivity contribution is 7.17. The van der Waals surface area contributed by atoms with Crippen LogP contribution in [0.4, 0.5) is 23.1 Å². The van der Waals surface area contributed by atoms with Crippen molar-refractivity contribution < 1.29 is 27.9 Å². The SMILES string of the molecule is Cc1nc(N2CCN(Cc3ccc(C(F)(F)F)nc3)C2=O)sc1C(=O)O. The lowest BCUT2D eigenvalue weighted by molar-refractivity contribution is -0.141. The third-order valence-corrected chi connectivity index (χ3v) is 4.96. The third-order valence-electron chi connectivity index (χ3n) is 3.79. The molecule has 0 aliphatic carbocycles. The van der Waals surface area contributed by atoms with Crippen LogP contribution in [0.25, 0.3) is 0 Å². The van der Waals surface area contributed by atoms with E-state index in [1.165, 1.54) is 15.9 Å². The molecule has 11 heteroatoms. The second-order valence-corrected chi connectivity index (χ2v) is 6.60. The Morgan fingerprint density at radius 1 is 1.35 bits per heavy atom. The summed E-state index contributed by atoms with van der Waals surface area (Å²) in [6, 6.07) is 1.77. The van der Waals surface area contributed by atoms with Gasteiger partial charge in [0.15, 0.2) is 5.13 Å². The van der Waals surface area contributed by atoms with Gasteiger partial charge in [-0.15, -0.1) is 0 Å². The maximum Gasteiger partial charge on any atom is 0.433 e. The Morgan fingerprint density at radius 2 is 2.08 bits per heavy atom. The van der Waals surface area contributed by atoms with Gasteiger partial charge in [-0.2, -0.15) is 13.2 Å². The molecule has 138 valence electrons. The van der Waals surface area contributed by atoms with Crippen LogP contribution in [0.3, 0.4) is 0 Å². The van der Waals surface area contributed by atoms with Crippen molar-refractivity contribution in [1.29, 1.82) is 0 Å². The predicted molar refractivity (Wildman–Crippen MR) is 86.2 cm³/mol. The first-order valence-corrected chi connectivity index (χ1v) is 8.27. The number of halogens is 3. The number of carboxylic acid groups (broad SMARTS) is 1. The van der Waals surface area contributed by atoms with Crippen molar-refractivity contribution in [2.45, 2.75) is 19.6 Å². The normalized spacial score (nSPS) is 15.0. The molecular weight excluding hydrogens is 373 g/mol. The summed E-state index contributed by atoms with van der Waals surface area (Å²) in [4.78, 5) is 34.0.